The Balaban J connectivity index is 3.32. The Bertz CT molecular complexity index is 413. The minimum atomic E-state index is -0.369. The third-order valence-corrected chi connectivity index (χ3v) is 3.57. The van der Waals surface area contributed by atoms with Crippen molar-refractivity contribution in [1.82, 2.24) is 0 Å². The van der Waals surface area contributed by atoms with Crippen LogP contribution < -0.4 is 0 Å². The van der Waals surface area contributed by atoms with Crippen LogP contribution in [0.2, 0.25) is 5.02 Å². The SMILES string of the molecule is CC(C)C(c1ccc(Cl)cc1[N+](=O)[O-])C(C)Br. The Morgan fingerprint density at radius 3 is 2.35 bits per heavy atom. The van der Waals surface area contributed by atoms with Crippen LogP contribution in [0.5, 0.6) is 0 Å². The standard InChI is InChI=1S/C12H15BrClNO2/c1-7(2)12(8(3)13)10-5-4-9(14)6-11(10)15(16)17/h4-8,12H,1-3H3. The van der Waals surface area contributed by atoms with E-state index in [1.54, 1.807) is 12.1 Å². The van der Waals surface area contributed by atoms with Crippen LogP contribution in [0.4, 0.5) is 5.69 Å². The molecule has 0 aliphatic rings. The number of alkyl halides is 1. The van der Waals surface area contributed by atoms with Gasteiger partial charge in [-0.15, -0.1) is 0 Å². The van der Waals surface area contributed by atoms with Gasteiger partial charge in [0.1, 0.15) is 0 Å². The molecule has 17 heavy (non-hydrogen) atoms. The maximum atomic E-state index is 11.1. The highest BCUT2D eigenvalue weighted by molar-refractivity contribution is 9.09. The fraction of sp³-hybridized carbons (Fsp3) is 0.500. The highest BCUT2D eigenvalue weighted by Gasteiger charge is 2.28. The Morgan fingerprint density at radius 1 is 1.35 bits per heavy atom. The van der Waals surface area contributed by atoms with Crippen molar-refractivity contribution in [3.63, 3.8) is 0 Å². The predicted octanol–water partition coefficient (Wildman–Crippen LogP) is 4.77. The van der Waals surface area contributed by atoms with Crippen LogP contribution in [0.1, 0.15) is 32.3 Å². The van der Waals surface area contributed by atoms with Crippen molar-refractivity contribution >= 4 is 33.2 Å². The molecule has 0 aromatic heterocycles. The number of nitro benzene ring substituents is 1. The molecule has 1 aromatic carbocycles. The molecule has 0 amide bonds. The van der Waals surface area contributed by atoms with Crippen LogP contribution >= 0.6 is 27.5 Å². The first-order valence-electron chi connectivity index (χ1n) is 5.42. The van der Waals surface area contributed by atoms with E-state index < -0.39 is 0 Å². The topological polar surface area (TPSA) is 43.1 Å². The van der Waals surface area contributed by atoms with Gasteiger partial charge in [0.05, 0.1) is 4.92 Å². The van der Waals surface area contributed by atoms with Crippen LogP contribution in [-0.4, -0.2) is 9.75 Å². The largest absolute Gasteiger partial charge is 0.274 e. The van der Waals surface area contributed by atoms with Crippen molar-refractivity contribution in [3.8, 4) is 0 Å². The first-order valence-corrected chi connectivity index (χ1v) is 6.72. The van der Waals surface area contributed by atoms with E-state index in [0.717, 1.165) is 5.56 Å². The first-order chi connectivity index (χ1) is 7.84. The van der Waals surface area contributed by atoms with Gasteiger partial charge in [0.2, 0.25) is 0 Å². The Labute approximate surface area is 114 Å². The third-order valence-electron chi connectivity index (χ3n) is 2.76. The number of nitrogens with zero attached hydrogens (tertiary/aromatic N) is 1. The monoisotopic (exact) mass is 319 g/mol. The van der Waals surface area contributed by atoms with Crippen molar-refractivity contribution < 1.29 is 4.92 Å². The molecule has 2 atom stereocenters. The smallest absolute Gasteiger partial charge is 0.258 e. The van der Waals surface area contributed by atoms with E-state index in [9.17, 15) is 10.1 Å². The molecule has 0 bridgehead atoms. The Morgan fingerprint density at radius 2 is 1.94 bits per heavy atom. The molecule has 0 fully saturated rings. The number of benzene rings is 1. The highest BCUT2D eigenvalue weighted by atomic mass is 79.9. The molecule has 0 N–H and O–H groups in total. The minimum absolute atomic E-state index is 0.0904. The van der Waals surface area contributed by atoms with Gasteiger partial charge in [-0.2, -0.15) is 0 Å². The van der Waals surface area contributed by atoms with Crippen molar-refractivity contribution in [2.75, 3.05) is 0 Å². The summed E-state index contributed by atoms with van der Waals surface area (Å²) in [6.07, 6.45) is 0. The summed E-state index contributed by atoms with van der Waals surface area (Å²) in [7, 11) is 0. The van der Waals surface area contributed by atoms with E-state index in [-0.39, 0.29) is 21.4 Å². The quantitative estimate of drug-likeness (QED) is 0.455. The number of rotatable bonds is 4. The van der Waals surface area contributed by atoms with E-state index >= 15 is 0 Å². The van der Waals surface area contributed by atoms with Gasteiger partial charge in [-0.3, -0.25) is 10.1 Å². The molecular weight excluding hydrogens is 305 g/mol. The Kier molecular flexibility index (Phi) is 4.95. The molecule has 5 heteroatoms. The van der Waals surface area contributed by atoms with Crippen molar-refractivity contribution in [1.29, 1.82) is 0 Å². The van der Waals surface area contributed by atoms with Crippen molar-refractivity contribution in [2.45, 2.75) is 31.5 Å². The number of hydrogen-bond acceptors (Lipinski definition) is 2. The van der Waals surface area contributed by atoms with Crippen LogP contribution in [0.25, 0.3) is 0 Å². The molecule has 0 aliphatic heterocycles. The van der Waals surface area contributed by atoms with Crippen LogP contribution in [0, 0.1) is 16.0 Å². The molecule has 0 saturated carbocycles. The van der Waals surface area contributed by atoms with E-state index in [2.05, 4.69) is 29.8 Å². The second kappa shape index (κ2) is 5.83. The van der Waals surface area contributed by atoms with E-state index in [4.69, 9.17) is 11.6 Å². The van der Waals surface area contributed by atoms with Gasteiger partial charge >= 0.3 is 0 Å². The third kappa shape index (κ3) is 3.42. The van der Waals surface area contributed by atoms with Gasteiger partial charge in [-0.05, 0) is 12.0 Å². The lowest BCUT2D eigenvalue weighted by atomic mass is 9.85. The lowest BCUT2D eigenvalue weighted by Gasteiger charge is -2.23. The molecule has 0 heterocycles. The molecule has 0 radical (unpaired) electrons. The lowest BCUT2D eigenvalue weighted by Crippen LogP contribution is -2.17. The van der Waals surface area contributed by atoms with Crippen LogP contribution in [0.15, 0.2) is 18.2 Å². The molecule has 0 saturated heterocycles. The van der Waals surface area contributed by atoms with Gasteiger partial charge in [-0.1, -0.05) is 54.4 Å². The second-order valence-electron chi connectivity index (χ2n) is 4.41. The summed E-state index contributed by atoms with van der Waals surface area (Å²) < 4.78 is 0. The lowest BCUT2D eigenvalue weighted by molar-refractivity contribution is -0.385. The number of halogens is 2. The second-order valence-corrected chi connectivity index (χ2v) is 6.29. The van der Waals surface area contributed by atoms with Crippen LogP contribution in [0.3, 0.4) is 0 Å². The Hall–Kier alpha value is -0.610. The molecule has 0 aliphatic carbocycles. The molecule has 1 rings (SSSR count). The van der Waals surface area contributed by atoms with Gasteiger partial charge in [-0.25, -0.2) is 0 Å². The zero-order valence-corrected chi connectivity index (χ0v) is 12.3. The maximum Gasteiger partial charge on any atom is 0.274 e. The van der Waals surface area contributed by atoms with Crippen LogP contribution in [-0.2, 0) is 0 Å². The van der Waals surface area contributed by atoms with Crippen molar-refractivity contribution in [2.24, 2.45) is 5.92 Å². The van der Waals surface area contributed by atoms with E-state index in [1.807, 2.05) is 6.92 Å². The van der Waals surface area contributed by atoms with E-state index in [0.29, 0.717) is 10.9 Å². The van der Waals surface area contributed by atoms with Gasteiger partial charge in [0.25, 0.3) is 5.69 Å². The highest BCUT2D eigenvalue weighted by Crippen LogP contribution is 2.38. The summed E-state index contributed by atoms with van der Waals surface area (Å²) in [5.74, 6) is 0.400. The average Bonchev–Trinajstić information content (AvgIpc) is 2.19. The van der Waals surface area contributed by atoms with E-state index in [1.165, 1.54) is 6.07 Å². The summed E-state index contributed by atoms with van der Waals surface area (Å²) >= 11 is 9.33. The molecular formula is C12H15BrClNO2. The average molecular weight is 321 g/mol. The van der Waals surface area contributed by atoms with Crippen molar-refractivity contribution in [3.05, 3.63) is 38.9 Å². The molecule has 2 unspecified atom stereocenters. The fourth-order valence-electron chi connectivity index (χ4n) is 2.09. The zero-order chi connectivity index (χ0) is 13.2. The molecule has 0 spiro atoms. The minimum Gasteiger partial charge on any atom is -0.258 e. The summed E-state index contributed by atoms with van der Waals surface area (Å²) in [6.45, 7) is 6.12. The summed E-state index contributed by atoms with van der Waals surface area (Å²) in [5.41, 5.74) is 0.835. The number of hydrogen-bond donors (Lipinski definition) is 0. The fourth-order valence-corrected chi connectivity index (χ4v) is 3.16. The first kappa shape index (κ1) is 14.5. The normalized spacial score (nSPS) is 14.7. The molecule has 1 aromatic rings. The number of nitro groups is 1. The predicted molar refractivity (Wildman–Crippen MR) is 74.1 cm³/mol. The summed E-state index contributed by atoms with van der Waals surface area (Å²) in [6, 6.07) is 4.87. The van der Waals surface area contributed by atoms with Gasteiger partial charge in [0.15, 0.2) is 0 Å². The van der Waals surface area contributed by atoms with Gasteiger partial charge in [0, 0.05) is 27.4 Å². The maximum absolute atomic E-state index is 11.1. The van der Waals surface area contributed by atoms with Gasteiger partial charge < -0.3 is 0 Å². The summed E-state index contributed by atoms with van der Waals surface area (Å²) in [5, 5.41) is 11.4. The molecule has 3 nitrogen and oxygen atoms in total. The zero-order valence-electron chi connectivity index (χ0n) is 9.98. The molecule has 94 valence electrons. The summed E-state index contributed by atoms with van der Waals surface area (Å²) in [4.78, 5) is 10.9.